The lowest BCUT2D eigenvalue weighted by Crippen LogP contribution is -2.54. The lowest BCUT2D eigenvalue weighted by atomic mass is 9.89. The van der Waals surface area contributed by atoms with Gasteiger partial charge in [-0.25, -0.2) is 38.9 Å². The summed E-state index contributed by atoms with van der Waals surface area (Å²) in [6.07, 6.45) is 7.05. The Hall–Kier alpha value is -16.3. The van der Waals surface area contributed by atoms with E-state index >= 15 is 0 Å². The normalized spacial score (nSPS) is 21.2. The summed E-state index contributed by atoms with van der Waals surface area (Å²) in [5, 5.41) is 23.6. The summed E-state index contributed by atoms with van der Waals surface area (Å²) in [5.41, 5.74) is 10.9. The standard InChI is InChI=1S/C25H22N6O6.C20H15BrN4O4.C20H15FN4O4.C19H16N6O4/c1-37-17-7-4-15-11-31(19(32)18(15)10-17)13-24(20(33)27-22(35)29-24)9-8-14-2-5-16(6-3-14)25(12-26)21(34)28-23(36)30-25;1-29-14-5-4-13-10-25(17(26)15(13)16(14)21)11-20(18(27)23-19(28)24-20)7-6-12-3-2-8-22-9-12;1-29-14-4-3-13-10-25(17(26)15(13)8-14)11-20(18(27)23-19(28)24-20)7-6-12-2-5-16(21)22-9-12;1-29-13-3-2-12-8-25(16(26)14(12)6-13)9-19(17(27)23-18(28)24-19)5-4-11-7-21-10-22-15(11)20/h2-7,10H,11-13,26H2,1H3,(H2,27,29,33,35)(H2,28,30,34,36);2*2-5,8-9H,10-11H2,1H3,(H2,23,24,27,28);2-3,6-7,10H,8-9H2,1H3,(H2,20,21,22)(H2,23,24,27,28)/t24-,25?;;20-;19-/m1.11/s1. The first-order valence-electron chi connectivity index (χ1n) is 37.2. The molecule has 5 aromatic carbocycles. The number of carbonyl (C=O) groups is 14. The largest absolute Gasteiger partial charge is 0.497 e. The number of hydrogen-bond donors (Lipinski definition) is 12. The fraction of sp³-hybridized carbons (Fsp3) is 0.214. The molecular weight excluding hydrogens is 1680 g/mol. The van der Waals surface area contributed by atoms with Crippen molar-refractivity contribution in [2.24, 2.45) is 5.73 Å². The Morgan fingerprint density at radius 2 is 0.839 bits per heavy atom. The Labute approximate surface area is 710 Å². The lowest BCUT2D eigenvalue weighted by Gasteiger charge is -2.26. The van der Waals surface area contributed by atoms with E-state index in [1.807, 2.05) is 0 Å². The molecule has 0 saturated carbocycles. The van der Waals surface area contributed by atoms with E-state index in [2.05, 4.69) is 136 Å². The molecule has 0 aliphatic carbocycles. The van der Waals surface area contributed by atoms with Crippen LogP contribution in [0, 0.1) is 53.3 Å². The zero-order chi connectivity index (χ0) is 88.2. The molecule has 124 heavy (non-hydrogen) atoms. The van der Waals surface area contributed by atoms with Gasteiger partial charge in [-0.05, 0) is 123 Å². The third-order valence-corrected chi connectivity index (χ3v) is 21.6. The number of aromatic nitrogens is 4. The molecule has 3 aromatic heterocycles. The van der Waals surface area contributed by atoms with E-state index in [1.54, 1.807) is 116 Å². The van der Waals surface area contributed by atoms with Crippen molar-refractivity contribution in [1.29, 1.82) is 0 Å². The number of pyridine rings is 2. The van der Waals surface area contributed by atoms with Gasteiger partial charge in [0.15, 0.2) is 5.54 Å². The van der Waals surface area contributed by atoms with Crippen molar-refractivity contribution in [2.75, 3.05) is 66.9 Å². The fourth-order valence-electron chi connectivity index (χ4n) is 14.4. The molecule has 0 bridgehead atoms. The van der Waals surface area contributed by atoms with Crippen molar-refractivity contribution in [1.82, 2.24) is 92.7 Å². The van der Waals surface area contributed by atoms with E-state index < -0.39 is 93.3 Å². The summed E-state index contributed by atoms with van der Waals surface area (Å²) in [4.78, 5) is 195. The second kappa shape index (κ2) is 34.2. The molecule has 9 aliphatic heterocycles. The van der Waals surface area contributed by atoms with Gasteiger partial charge in [-0.15, -0.1) is 0 Å². The van der Waals surface area contributed by atoms with Crippen molar-refractivity contribution in [3.8, 4) is 70.4 Å². The minimum atomic E-state index is -1.67. The van der Waals surface area contributed by atoms with Gasteiger partial charge in [0.25, 0.3) is 53.2 Å². The molecule has 12 heterocycles. The fourth-order valence-corrected chi connectivity index (χ4v) is 15.1. The smallest absolute Gasteiger partial charge is 0.323 e. The van der Waals surface area contributed by atoms with E-state index in [0.29, 0.717) is 77.5 Å². The maximum Gasteiger partial charge on any atom is 0.323 e. The number of methoxy groups -OCH3 is 4. The summed E-state index contributed by atoms with van der Waals surface area (Å²) in [6, 6.07) is 28.1. The number of anilines is 1. The topological polar surface area (TPSA) is 513 Å². The molecule has 2 unspecified atom stereocenters. The predicted molar refractivity (Wildman–Crippen MR) is 432 cm³/mol. The molecule has 40 heteroatoms. The molecule has 5 saturated heterocycles. The highest BCUT2D eigenvalue weighted by Gasteiger charge is 2.53. The highest BCUT2D eigenvalue weighted by Crippen LogP contribution is 2.38. The van der Waals surface area contributed by atoms with E-state index in [1.165, 1.54) is 72.8 Å². The minimum Gasteiger partial charge on any atom is -0.497 e. The monoisotopic (exact) mass is 1740 g/mol. The van der Waals surface area contributed by atoms with Gasteiger partial charge >= 0.3 is 30.2 Å². The van der Waals surface area contributed by atoms with Gasteiger partial charge in [0.05, 0.1) is 70.2 Å². The number of nitrogens with zero attached hydrogens (tertiary/aromatic N) is 8. The first-order chi connectivity index (χ1) is 59.4. The molecule has 5 fully saturated rings. The average molecular weight is 1740 g/mol. The van der Waals surface area contributed by atoms with E-state index in [0.717, 1.165) is 28.3 Å². The summed E-state index contributed by atoms with van der Waals surface area (Å²) in [7, 11) is 6.04. The third kappa shape index (κ3) is 16.8. The molecule has 19 amide bonds. The number of carbonyl (C=O) groups excluding carboxylic acids is 14. The second-order valence-corrected chi connectivity index (χ2v) is 29.4. The maximum atomic E-state index is 13.0. The summed E-state index contributed by atoms with van der Waals surface area (Å²) >= 11 is 3.41. The van der Waals surface area contributed by atoms with Crippen molar-refractivity contribution < 1.29 is 90.5 Å². The Morgan fingerprint density at radius 3 is 1.22 bits per heavy atom. The number of nitrogens with two attached hydrogens (primary N) is 2. The van der Waals surface area contributed by atoms with Gasteiger partial charge in [-0.2, -0.15) is 4.39 Å². The van der Waals surface area contributed by atoms with Gasteiger partial charge in [-0.3, -0.25) is 74.7 Å². The molecule has 9 aliphatic rings. The first-order valence-corrected chi connectivity index (χ1v) is 38.0. The Morgan fingerprint density at radius 1 is 0.435 bits per heavy atom. The van der Waals surface area contributed by atoms with Crippen LogP contribution >= 0.6 is 15.9 Å². The molecule has 626 valence electrons. The van der Waals surface area contributed by atoms with Crippen LogP contribution in [0.3, 0.4) is 0 Å². The van der Waals surface area contributed by atoms with Gasteiger partial charge < -0.3 is 76.6 Å². The minimum absolute atomic E-state index is 0.0971. The highest BCUT2D eigenvalue weighted by molar-refractivity contribution is 9.10. The third-order valence-electron chi connectivity index (χ3n) is 20.8. The van der Waals surface area contributed by atoms with E-state index in [9.17, 15) is 71.5 Å². The Balaban J connectivity index is 0.000000135. The Kier molecular flexibility index (Phi) is 23.2. The van der Waals surface area contributed by atoms with Gasteiger partial charge in [-0.1, -0.05) is 83.8 Å². The van der Waals surface area contributed by atoms with Crippen molar-refractivity contribution in [3.63, 3.8) is 0 Å². The van der Waals surface area contributed by atoms with Crippen molar-refractivity contribution >= 4 is 105 Å². The maximum absolute atomic E-state index is 13.0. The number of nitrogens with one attached hydrogen (secondary N) is 10. The second-order valence-electron chi connectivity index (χ2n) is 28.6. The molecule has 17 rings (SSSR count). The summed E-state index contributed by atoms with van der Waals surface area (Å²) in [6.45, 7) is 0.370. The number of amides is 19. The van der Waals surface area contributed by atoms with E-state index in [4.69, 9.17) is 30.4 Å². The van der Waals surface area contributed by atoms with Crippen LogP contribution < -0.4 is 83.6 Å². The number of hydrogen-bond acceptors (Lipinski definition) is 24. The number of halogens is 2. The summed E-state index contributed by atoms with van der Waals surface area (Å²) in [5.74, 6) is 19.7. The van der Waals surface area contributed by atoms with Crippen LogP contribution in [-0.2, 0) is 55.7 Å². The summed E-state index contributed by atoms with van der Waals surface area (Å²) < 4.78 is 34.3. The number of benzene rings is 5. The lowest BCUT2D eigenvalue weighted by molar-refractivity contribution is -0.124. The van der Waals surface area contributed by atoms with Crippen LogP contribution in [0.2, 0.25) is 0 Å². The van der Waals surface area contributed by atoms with Crippen LogP contribution in [0.25, 0.3) is 0 Å². The van der Waals surface area contributed by atoms with Crippen molar-refractivity contribution in [2.45, 2.75) is 53.9 Å². The molecule has 14 N–H and O–H groups in total. The van der Waals surface area contributed by atoms with Gasteiger partial charge in [0.2, 0.25) is 28.1 Å². The molecule has 38 nitrogen and oxygen atoms in total. The quantitative estimate of drug-likeness (QED) is 0.0413. The SMILES string of the molecule is COc1ccc2c(c1)C(=O)N(C[C@@]1(C#Cc3ccc(C4(CN)NC(=O)NC4=O)cc3)NC(=O)NC1=O)C2.COc1ccc2c(c1)C(=O)N(C[C@@]1(C#Cc3ccc(F)nc3)NC(=O)NC1=O)C2.COc1ccc2c(c1)C(=O)N(C[C@@]1(C#Cc3cncnc3N)NC(=O)NC1=O)C2.COc1ccc2c(c1Br)C(=O)N(CC1(C#Cc3cccnc3)NC(=O)NC1=O)C2. The molecule has 0 spiro atoms. The number of imide groups is 5. The van der Waals surface area contributed by atoms with Crippen molar-refractivity contribution in [3.05, 3.63) is 229 Å². The van der Waals surface area contributed by atoms with Crippen LogP contribution in [0.15, 0.2) is 151 Å². The molecular formula is C84H68BrFN20O18. The highest BCUT2D eigenvalue weighted by atomic mass is 79.9. The van der Waals surface area contributed by atoms with E-state index in [-0.39, 0.29) is 88.3 Å². The number of nitrogen functional groups attached to an aromatic ring is 1. The zero-order valence-electron chi connectivity index (χ0n) is 65.6. The van der Waals surface area contributed by atoms with Crippen LogP contribution in [0.4, 0.5) is 34.2 Å². The predicted octanol–water partition coefficient (Wildman–Crippen LogP) is 1.18. The van der Waals surface area contributed by atoms with Gasteiger partial charge in [0.1, 0.15) is 35.1 Å². The van der Waals surface area contributed by atoms with Crippen LogP contribution in [0.5, 0.6) is 23.0 Å². The number of fused-ring (bicyclic) bond motifs is 4. The molecule has 5 atom stereocenters. The average Bonchev–Trinajstić information content (AvgIpc) is 1.61. The number of rotatable bonds is 14. The number of urea groups is 5. The van der Waals surface area contributed by atoms with Crippen LogP contribution in [0.1, 0.15) is 91.5 Å². The number of ether oxygens (including phenoxy) is 4. The Bertz CT molecular complexity index is 6200. The zero-order valence-corrected chi connectivity index (χ0v) is 67.1. The molecule has 0 radical (unpaired) electrons. The molecule has 8 aromatic rings. The van der Waals surface area contributed by atoms with Crippen LogP contribution in [-0.4, -0.2) is 206 Å². The van der Waals surface area contributed by atoms with Gasteiger partial charge in [0, 0.05) is 90.9 Å². The first kappa shape index (κ1) is 84.1.